The predicted molar refractivity (Wildman–Crippen MR) is 108 cm³/mol. The molecule has 3 aromatic carbocycles. The first-order valence-corrected chi connectivity index (χ1v) is 8.83. The van der Waals surface area contributed by atoms with Crippen molar-refractivity contribution in [3.8, 4) is 28.4 Å². The second-order valence-electron chi connectivity index (χ2n) is 6.58. The number of carbonyl (C=O) groups excluding carboxylic acids is 1. The summed E-state index contributed by atoms with van der Waals surface area (Å²) in [6.45, 7) is 0.117. The Morgan fingerprint density at radius 3 is 2.43 bits per heavy atom. The first-order valence-electron chi connectivity index (χ1n) is 8.83. The maximum Gasteiger partial charge on any atom is 0.182 e. The van der Waals surface area contributed by atoms with E-state index >= 15 is 0 Å². The molecule has 0 fully saturated rings. The zero-order chi connectivity index (χ0) is 19.7. The Balaban J connectivity index is 1.82. The van der Waals surface area contributed by atoms with Gasteiger partial charge in [0.2, 0.25) is 0 Å². The molecule has 0 radical (unpaired) electrons. The Kier molecular flexibility index (Phi) is 4.49. The number of phenolic OH excluding ortho intramolecular Hbond substituents is 2. The Labute approximate surface area is 162 Å². The molecule has 0 unspecified atom stereocenters. The molecule has 0 aliphatic heterocycles. The summed E-state index contributed by atoms with van der Waals surface area (Å²) in [6.07, 6.45) is 1.90. The number of carbonyl (C=O) groups is 1. The number of methoxy groups -OCH3 is 1. The highest BCUT2D eigenvalue weighted by atomic mass is 16.5. The highest BCUT2D eigenvalue weighted by Crippen LogP contribution is 2.34. The van der Waals surface area contributed by atoms with Crippen molar-refractivity contribution in [2.45, 2.75) is 6.54 Å². The van der Waals surface area contributed by atoms with Crippen molar-refractivity contribution in [1.29, 1.82) is 0 Å². The molecule has 140 valence electrons. The lowest BCUT2D eigenvalue weighted by atomic mass is 10.0. The molecule has 0 bridgehead atoms. The predicted octanol–water partition coefficient (Wildman–Crippen LogP) is 4.61. The molecule has 0 aliphatic rings. The van der Waals surface area contributed by atoms with Crippen LogP contribution in [0.25, 0.3) is 22.0 Å². The summed E-state index contributed by atoms with van der Waals surface area (Å²) in [5, 5.41) is 20.5. The maximum absolute atomic E-state index is 12.8. The first-order chi connectivity index (χ1) is 13.5. The van der Waals surface area contributed by atoms with E-state index in [0.717, 1.165) is 22.0 Å². The number of hydrogen-bond acceptors (Lipinski definition) is 4. The molecule has 0 saturated heterocycles. The van der Waals surface area contributed by atoms with E-state index in [2.05, 4.69) is 0 Å². The second-order valence-corrected chi connectivity index (χ2v) is 6.58. The third-order valence-corrected chi connectivity index (χ3v) is 4.73. The van der Waals surface area contributed by atoms with Crippen LogP contribution in [0.2, 0.25) is 0 Å². The summed E-state index contributed by atoms with van der Waals surface area (Å²) in [4.78, 5) is 12.8. The number of aromatic nitrogens is 1. The highest BCUT2D eigenvalue weighted by molar-refractivity contribution is 6.00. The van der Waals surface area contributed by atoms with Crippen molar-refractivity contribution in [1.82, 2.24) is 4.57 Å². The van der Waals surface area contributed by atoms with E-state index < -0.39 is 0 Å². The Hall–Kier alpha value is -3.73. The van der Waals surface area contributed by atoms with Crippen molar-refractivity contribution in [2.75, 3.05) is 7.11 Å². The highest BCUT2D eigenvalue weighted by Gasteiger charge is 2.15. The number of fused-ring (bicyclic) bond motifs is 1. The van der Waals surface area contributed by atoms with Crippen LogP contribution in [-0.4, -0.2) is 27.7 Å². The number of Topliss-reactive ketones (excluding diaryl/α,β-unsaturated/α-hetero) is 1. The van der Waals surface area contributed by atoms with Gasteiger partial charge >= 0.3 is 0 Å². The topological polar surface area (TPSA) is 71.7 Å². The van der Waals surface area contributed by atoms with E-state index in [1.165, 1.54) is 12.1 Å². The van der Waals surface area contributed by atoms with Gasteiger partial charge < -0.3 is 19.5 Å². The van der Waals surface area contributed by atoms with E-state index in [1.807, 2.05) is 35.0 Å². The zero-order valence-corrected chi connectivity index (χ0v) is 15.3. The lowest BCUT2D eigenvalue weighted by molar-refractivity contribution is 0.0973. The van der Waals surface area contributed by atoms with Gasteiger partial charge in [0.05, 0.1) is 19.2 Å². The van der Waals surface area contributed by atoms with Crippen molar-refractivity contribution in [2.24, 2.45) is 0 Å². The summed E-state index contributed by atoms with van der Waals surface area (Å²) in [5.41, 5.74) is 3.07. The van der Waals surface area contributed by atoms with Gasteiger partial charge in [-0.25, -0.2) is 0 Å². The number of nitrogens with zero attached hydrogens (tertiary/aromatic N) is 1. The lowest BCUT2D eigenvalue weighted by Gasteiger charge is -2.06. The van der Waals surface area contributed by atoms with Crippen LogP contribution in [0.1, 0.15) is 10.4 Å². The molecule has 1 heterocycles. The van der Waals surface area contributed by atoms with Gasteiger partial charge in [-0.2, -0.15) is 0 Å². The molecule has 5 heteroatoms. The molecule has 1 aromatic heterocycles. The minimum atomic E-state index is -0.113. The quantitative estimate of drug-likeness (QED) is 0.501. The van der Waals surface area contributed by atoms with Gasteiger partial charge in [-0.05, 0) is 42.0 Å². The number of ether oxygens (including phenoxy) is 1. The SMILES string of the molecule is COc1ccc2c(-c3cccc(O)c3)cn(CC(=O)c3cccc(O)c3)c2c1. The fourth-order valence-electron chi connectivity index (χ4n) is 3.36. The van der Waals surface area contributed by atoms with E-state index in [9.17, 15) is 15.0 Å². The van der Waals surface area contributed by atoms with Gasteiger partial charge in [0, 0.05) is 28.8 Å². The first kappa shape index (κ1) is 17.7. The van der Waals surface area contributed by atoms with Crippen LogP contribution < -0.4 is 4.74 Å². The second kappa shape index (κ2) is 7.12. The maximum atomic E-state index is 12.8. The zero-order valence-electron chi connectivity index (χ0n) is 15.3. The minimum absolute atomic E-state index is 0.0605. The number of benzene rings is 3. The van der Waals surface area contributed by atoms with Crippen LogP contribution in [0.4, 0.5) is 0 Å². The Morgan fingerprint density at radius 1 is 0.964 bits per heavy atom. The van der Waals surface area contributed by atoms with E-state index in [-0.39, 0.29) is 23.8 Å². The van der Waals surface area contributed by atoms with E-state index in [4.69, 9.17) is 4.74 Å². The molecule has 0 aliphatic carbocycles. The standard InChI is InChI=1S/C23H19NO4/c1-28-19-8-9-20-21(15-4-2-6-17(25)10-15)13-24(22(20)12-19)14-23(27)16-5-3-7-18(26)11-16/h2-13,25-26H,14H2,1H3. The fourth-order valence-corrected chi connectivity index (χ4v) is 3.36. The normalized spacial score (nSPS) is 10.9. The van der Waals surface area contributed by atoms with Crippen LogP contribution in [0.3, 0.4) is 0 Å². The van der Waals surface area contributed by atoms with Crippen molar-refractivity contribution < 1.29 is 19.7 Å². The van der Waals surface area contributed by atoms with Crippen molar-refractivity contribution in [3.05, 3.63) is 78.5 Å². The van der Waals surface area contributed by atoms with Gasteiger partial charge in [0.25, 0.3) is 0 Å². The summed E-state index contributed by atoms with van der Waals surface area (Å²) in [5.74, 6) is 0.824. The van der Waals surface area contributed by atoms with Crippen LogP contribution in [0.15, 0.2) is 72.9 Å². The van der Waals surface area contributed by atoms with Crippen LogP contribution in [0.5, 0.6) is 17.2 Å². The van der Waals surface area contributed by atoms with E-state index in [1.54, 1.807) is 37.4 Å². The third-order valence-electron chi connectivity index (χ3n) is 4.73. The largest absolute Gasteiger partial charge is 0.508 e. The number of hydrogen-bond donors (Lipinski definition) is 2. The van der Waals surface area contributed by atoms with Gasteiger partial charge in [0.15, 0.2) is 5.78 Å². The molecule has 2 N–H and O–H groups in total. The molecule has 0 atom stereocenters. The van der Waals surface area contributed by atoms with Gasteiger partial charge in [-0.1, -0.05) is 24.3 Å². The van der Waals surface area contributed by atoms with Gasteiger partial charge in [0.1, 0.15) is 17.2 Å². The average molecular weight is 373 g/mol. The number of rotatable bonds is 5. The number of ketones is 1. The molecular formula is C23H19NO4. The summed E-state index contributed by atoms with van der Waals surface area (Å²) >= 11 is 0. The summed E-state index contributed by atoms with van der Waals surface area (Å²) < 4.78 is 7.21. The Morgan fingerprint density at radius 2 is 1.71 bits per heavy atom. The minimum Gasteiger partial charge on any atom is -0.508 e. The molecule has 28 heavy (non-hydrogen) atoms. The molecule has 0 amide bonds. The summed E-state index contributed by atoms with van der Waals surface area (Å²) in [6, 6.07) is 19.1. The van der Waals surface area contributed by atoms with Crippen molar-refractivity contribution >= 4 is 16.7 Å². The Bertz CT molecular complexity index is 1180. The van der Waals surface area contributed by atoms with E-state index in [0.29, 0.717) is 11.3 Å². The molecule has 0 spiro atoms. The van der Waals surface area contributed by atoms with Crippen molar-refractivity contribution in [3.63, 3.8) is 0 Å². The number of phenols is 2. The van der Waals surface area contributed by atoms with Gasteiger partial charge in [-0.15, -0.1) is 0 Å². The monoisotopic (exact) mass is 373 g/mol. The fraction of sp³-hybridized carbons (Fsp3) is 0.0870. The summed E-state index contributed by atoms with van der Waals surface area (Å²) in [7, 11) is 1.60. The average Bonchev–Trinajstić information content (AvgIpc) is 3.05. The molecule has 4 aromatic rings. The molecule has 4 rings (SSSR count). The van der Waals surface area contributed by atoms with Crippen LogP contribution in [-0.2, 0) is 6.54 Å². The molecular weight excluding hydrogens is 354 g/mol. The number of aromatic hydroxyl groups is 2. The third kappa shape index (κ3) is 3.30. The lowest BCUT2D eigenvalue weighted by Crippen LogP contribution is -2.09. The molecule has 0 saturated carbocycles. The molecule has 5 nitrogen and oxygen atoms in total. The van der Waals surface area contributed by atoms with Crippen LogP contribution >= 0.6 is 0 Å². The van der Waals surface area contributed by atoms with Gasteiger partial charge in [-0.3, -0.25) is 4.79 Å². The smallest absolute Gasteiger partial charge is 0.182 e. The van der Waals surface area contributed by atoms with Crippen LogP contribution in [0, 0.1) is 0 Å².